The molecule has 2 atom stereocenters. The Morgan fingerprint density at radius 3 is 2.70 bits per heavy atom. The van der Waals surface area contributed by atoms with Gasteiger partial charge in [-0.2, -0.15) is 0 Å². The molecule has 1 aliphatic carbocycles. The molecule has 104 valence electrons. The summed E-state index contributed by atoms with van der Waals surface area (Å²) in [5.74, 6) is -1.17. The maximum Gasteiger partial charge on any atom is 0.162 e. The number of fused-ring (bicyclic) bond motifs is 1. The van der Waals surface area contributed by atoms with Crippen LogP contribution in [-0.4, -0.2) is 0 Å². The van der Waals surface area contributed by atoms with Crippen molar-refractivity contribution in [2.75, 3.05) is 0 Å². The van der Waals surface area contributed by atoms with Crippen molar-refractivity contribution in [3.63, 3.8) is 0 Å². The van der Waals surface area contributed by atoms with Crippen LogP contribution in [0.2, 0.25) is 0 Å². The first-order valence-electron chi connectivity index (χ1n) is 6.81. The fourth-order valence-corrected chi connectivity index (χ4v) is 3.86. The lowest BCUT2D eigenvalue weighted by Crippen LogP contribution is -2.19. The average molecular weight is 337 g/mol. The molecule has 0 heterocycles. The topological polar surface area (TPSA) is 0 Å². The van der Waals surface area contributed by atoms with Crippen molar-refractivity contribution in [1.29, 1.82) is 0 Å². The molecule has 2 aromatic carbocycles. The van der Waals surface area contributed by atoms with Crippen molar-refractivity contribution < 1.29 is 8.78 Å². The average Bonchev–Trinajstić information content (AvgIpc) is 2.47. The molecule has 20 heavy (non-hydrogen) atoms. The van der Waals surface area contributed by atoms with Gasteiger partial charge in [0.25, 0.3) is 0 Å². The molecule has 3 heteroatoms. The summed E-state index contributed by atoms with van der Waals surface area (Å²) < 4.78 is 27.1. The van der Waals surface area contributed by atoms with Gasteiger partial charge in [0.1, 0.15) is 0 Å². The largest absolute Gasteiger partial charge is 0.204 e. The van der Waals surface area contributed by atoms with Crippen LogP contribution in [0.15, 0.2) is 42.5 Å². The van der Waals surface area contributed by atoms with Crippen molar-refractivity contribution in [3.05, 3.63) is 70.8 Å². The van der Waals surface area contributed by atoms with E-state index in [-0.39, 0.29) is 4.83 Å². The minimum atomic E-state index is -0.759. The molecule has 2 aromatic rings. The maximum atomic E-state index is 13.8. The molecule has 0 amide bonds. The van der Waals surface area contributed by atoms with E-state index in [1.54, 1.807) is 12.1 Å². The van der Waals surface area contributed by atoms with Gasteiger partial charge in [-0.15, -0.1) is 0 Å². The molecule has 0 bridgehead atoms. The lowest BCUT2D eigenvalue weighted by Gasteiger charge is -2.30. The highest BCUT2D eigenvalue weighted by Crippen LogP contribution is 2.42. The lowest BCUT2D eigenvalue weighted by molar-refractivity contribution is 0.432. The first kappa shape index (κ1) is 13.7. The molecule has 3 rings (SSSR count). The second kappa shape index (κ2) is 5.65. The van der Waals surface area contributed by atoms with Gasteiger partial charge in [0.2, 0.25) is 0 Å². The maximum absolute atomic E-state index is 13.8. The molecular formula is C17H15BrF2. The van der Waals surface area contributed by atoms with E-state index < -0.39 is 11.6 Å². The second-order valence-electron chi connectivity index (χ2n) is 5.32. The fourth-order valence-electron chi connectivity index (χ4n) is 2.97. The highest BCUT2D eigenvalue weighted by Gasteiger charge is 2.28. The molecule has 0 N–H and O–H groups in total. The minimum Gasteiger partial charge on any atom is -0.204 e. The van der Waals surface area contributed by atoms with Crippen LogP contribution >= 0.6 is 15.9 Å². The van der Waals surface area contributed by atoms with E-state index in [0.29, 0.717) is 17.9 Å². The number of hydrogen-bond acceptors (Lipinski definition) is 0. The van der Waals surface area contributed by atoms with Crippen LogP contribution in [0.3, 0.4) is 0 Å². The third-order valence-corrected chi connectivity index (χ3v) is 5.31. The quantitative estimate of drug-likeness (QED) is 0.660. The first-order valence-corrected chi connectivity index (χ1v) is 7.73. The Hall–Kier alpha value is -1.22. The van der Waals surface area contributed by atoms with Crippen molar-refractivity contribution in [2.24, 2.45) is 5.92 Å². The first-order chi connectivity index (χ1) is 9.66. The van der Waals surface area contributed by atoms with Crippen molar-refractivity contribution in [3.8, 4) is 0 Å². The molecule has 0 aliphatic heterocycles. The standard InChI is InChI=1S/C17H15BrF2/c18-16-12(9-8-11-4-1-2-6-14(11)16)10-13-5-3-7-15(19)17(13)20/h1-7,12,16H,8-10H2. The summed E-state index contributed by atoms with van der Waals surface area (Å²) in [6.07, 6.45) is 2.55. The summed E-state index contributed by atoms with van der Waals surface area (Å²) in [4.78, 5) is 0.204. The predicted molar refractivity (Wildman–Crippen MR) is 80.0 cm³/mol. The summed E-state index contributed by atoms with van der Waals surface area (Å²) in [6, 6.07) is 12.8. The van der Waals surface area contributed by atoms with Gasteiger partial charge in [-0.05, 0) is 47.9 Å². The molecule has 0 saturated carbocycles. The van der Waals surface area contributed by atoms with Crippen molar-refractivity contribution in [2.45, 2.75) is 24.1 Å². The number of aryl methyl sites for hydroxylation is 1. The van der Waals surface area contributed by atoms with Gasteiger partial charge >= 0.3 is 0 Å². The zero-order valence-corrected chi connectivity index (χ0v) is 12.5. The zero-order valence-electron chi connectivity index (χ0n) is 11.0. The highest BCUT2D eigenvalue weighted by atomic mass is 79.9. The smallest absolute Gasteiger partial charge is 0.162 e. The van der Waals surface area contributed by atoms with Crippen LogP contribution in [-0.2, 0) is 12.8 Å². The van der Waals surface area contributed by atoms with E-state index >= 15 is 0 Å². The van der Waals surface area contributed by atoms with E-state index in [2.05, 4.69) is 28.1 Å². The molecule has 2 unspecified atom stereocenters. The monoisotopic (exact) mass is 336 g/mol. The van der Waals surface area contributed by atoms with Gasteiger partial charge in [0, 0.05) is 4.83 Å². The van der Waals surface area contributed by atoms with Crippen molar-refractivity contribution in [1.82, 2.24) is 0 Å². The van der Waals surface area contributed by atoms with Crippen LogP contribution in [0.1, 0.15) is 27.9 Å². The molecule has 0 radical (unpaired) electrons. The van der Waals surface area contributed by atoms with Gasteiger partial charge in [-0.25, -0.2) is 8.78 Å². The third kappa shape index (κ3) is 2.51. The normalized spacial score (nSPS) is 21.6. The summed E-state index contributed by atoms with van der Waals surface area (Å²) in [6.45, 7) is 0. The van der Waals surface area contributed by atoms with E-state index in [1.807, 2.05) is 12.1 Å². The van der Waals surface area contributed by atoms with Crippen LogP contribution < -0.4 is 0 Å². The SMILES string of the molecule is Fc1cccc(CC2CCc3ccccc3C2Br)c1F. The molecule has 0 nitrogen and oxygen atoms in total. The molecule has 0 fully saturated rings. The Labute approximate surface area is 126 Å². The molecule has 0 spiro atoms. The Bertz CT molecular complexity index is 624. The number of benzene rings is 2. The zero-order chi connectivity index (χ0) is 14.1. The van der Waals surface area contributed by atoms with Gasteiger partial charge in [0.15, 0.2) is 11.6 Å². The Morgan fingerprint density at radius 1 is 1.05 bits per heavy atom. The van der Waals surface area contributed by atoms with Crippen LogP contribution in [0, 0.1) is 17.6 Å². The van der Waals surface area contributed by atoms with Crippen LogP contribution in [0.5, 0.6) is 0 Å². The Balaban J connectivity index is 1.85. The van der Waals surface area contributed by atoms with Crippen LogP contribution in [0.4, 0.5) is 8.78 Å². The summed E-state index contributed by atoms with van der Waals surface area (Å²) in [5.41, 5.74) is 3.10. The van der Waals surface area contributed by atoms with E-state index in [1.165, 1.54) is 17.2 Å². The summed E-state index contributed by atoms with van der Waals surface area (Å²) in [5, 5.41) is 0. The lowest BCUT2D eigenvalue weighted by atomic mass is 9.80. The summed E-state index contributed by atoms with van der Waals surface area (Å²) in [7, 11) is 0. The second-order valence-corrected chi connectivity index (χ2v) is 6.30. The third-order valence-electron chi connectivity index (χ3n) is 4.06. The number of rotatable bonds is 2. The van der Waals surface area contributed by atoms with Gasteiger partial charge in [-0.1, -0.05) is 52.3 Å². The van der Waals surface area contributed by atoms with Crippen molar-refractivity contribution >= 4 is 15.9 Å². The van der Waals surface area contributed by atoms with E-state index in [4.69, 9.17) is 0 Å². The number of halogens is 3. The fraction of sp³-hybridized carbons (Fsp3) is 0.294. The van der Waals surface area contributed by atoms with Gasteiger partial charge in [0.05, 0.1) is 0 Å². The van der Waals surface area contributed by atoms with Crippen LogP contribution in [0.25, 0.3) is 0 Å². The number of hydrogen-bond donors (Lipinski definition) is 0. The predicted octanol–water partition coefficient (Wildman–Crippen LogP) is 5.21. The van der Waals surface area contributed by atoms with Gasteiger partial charge < -0.3 is 0 Å². The van der Waals surface area contributed by atoms with E-state index in [9.17, 15) is 8.78 Å². The summed E-state index contributed by atoms with van der Waals surface area (Å²) >= 11 is 3.74. The highest BCUT2D eigenvalue weighted by molar-refractivity contribution is 9.09. The molecule has 1 aliphatic rings. The minimum absolute atomic E-state index is 0.204. The van der Waals surface area contributed by atoms with Gasteiger partial charge in [-0.3, -0.25) is 0 Å². The number of alkyl halides is 1. The molecule has 0 aromatic heterocycles. The Kier molecular flexibility index (Phi) is 3.88. The van der Waals surface area contributed by atoms with E-state index in [0.717, 1.165) is 12.8 Å². The molecular weight excluding hydrogens is 322 g/mol. The Morgan fingerprint density at radius 2 is 1.85 bits per heavy atom. The molecule has 0 saturated heterocycles.